The fraction of sp³-hybridized carbons (Fsp3) is 0.111. The molecule has 0 aliphatic rings. The van der Waals surface area contributed by atoms with Gasteiger partial charge in [-0.25, -0.2) is 4.98 Å². The third-order valence-electron chi connectivity index (χ3n) is 4.02. The lowest BCUT2D eigenvalue weighted by molar-refractivity contribution is 0.662. The second kappa shape index (κ2) is 5.66. The quantitative estimate of drug-likeness (QED) is 0.597. The van der Waals surface area contributed by atoms with E-state index < -0.39 is 0 Å². The molecule has 23 heavy (non-hydrogen) atoms. The zero-order valence-electron chi connectivity index (χ0n) is 12.3. The first-order valence-corrected chi connectivity index (χ1v) is 8.22. The molecule has 0 saturated heterocycles. The van der Waals surface area contributed by atoms with E-state index in [1.54, 1.807) is 10.9 Å². The van der Waals surface area contributed by atoms with Crippen LogP contribution in [0.1, 0.15) is 5.56 Å². The van der Waals surface area contributed by atoms with Gasteiger partial charge in [0.2, 0.25) is 0 Å². The van der Waals surface area contributed by atoms with Crippen molar-refractivity contribution in [3.63, 3.8) is 0 Å². The van der Waals surface area contributed by atoms with Crippen LogP contribution in [0, 0.1) is 0 Å². The van der Waals surface area contributed by atoms with Crippen molar-refractivity contribution in [1.29, 1.82) is 0 Å². The smallest absolute Gasteiger partial charge is 0.277 e. The van der Waals surface area contributed by atoms with Gasteiger partial charge in [-0.05, 0) is 30.2 Å². The van der Waals surface area contributed by atoms with Crippen LogP contribution in [-0.4, -0.2) is 14.5 Å². The number of fused-ring (bicyclic) bond motifs is 3. The highest BCUT2D eigenvalue weighted by atomic mass is 79.9. The van der Waals surface area contributed by atoms with Crippen LogP contribution < -0.4 is 5.56 Å². The average molecular weight is 368 g/mol. The highest BCUT2D eigenvalue weighted by Crippen LogP contribution is 2.24. The van der Waals surface area contributed by atoms with Gasteiger partial charge in [-0.2, -0.15) is 0 Å². The van der Waals surface area contributed by atoms with Gasteiger partial charge in [0, 0.05) is 21.9 Å². The molecule has 2 aromatic heterocycles. The molecule has 0 unspecified atom stereocenters. The Hall–Kier alpha value is -2.40. The summed E-state index contributed by atoms with van der Waals surface area (Å²) in [5.74, 6) is 0. The van der Waals surface area contributed by atoms with Gasteiger partial charge in [0.15, 0.2) is 0 Å². The molecular weight excluding hydrogens is 354 g/mol. The Bertz CT molecular complexity index is 1050. The third kappa shape index (κ3) is 2.57. The van der Waals surface area contributed by atoms with Crippen molar-refractivity contribution in [2.24, 2.45) is 0 Å². The zero-order valence-corrected chi connectivity index (χ0v) is 13.9. The van der Waals surface area contributed by atoms with Gasteiger partial charge < -0.3 is 4.98 Å². The highest BCUT2D eigenvalue weighted by Gasteiger charge is 2.11. The summed E-state index contributed by atoms with van der Waals surface area (Å²) in [4.78, 5) is 20.4. The molecule has 0 fully saturated rings. The van der Waals surface area contributed by atoms with Crippen molar-refractivity contribution in [3.8, 4) is 0 Å². The number of hydrogen-bond donors (Lipinski definition) is 1. The molecule has 4 nitrogen and oxygen atoms in total. The van der Waals surface area contributed by atoms with Crippen LogP contribution in [0.2, 0.25) is 0 Å². The number of benzene rings is 2. The van der Waals surface area contributed by atoms with Crippen molar-refractivity contribution in [2.45, 2.75) is 13.0 Å². The lowest BCUT2D eigenvalue weighted by Gasteiger charge is -2.05. The normalized spacial score (nSPS) is 11.3. The SMILES string of the molecule is O=c1c2[nH]c3ccc(Br)cc3c2ncn1CCc1ccccc1. The Balaban J connectivity index is 1.76. The topological polar surface area (TPSA) is 50.7 Å². The first-order valence-electron chi connectivity index (χ1n) is 7.43. The predicted molar refractivity (Wildman–Crippen MR) is 95.7 cm³/mol. The van der Waals surface area contributed by atoms with E-state index >= 15 is 0 Å². The van der Waals surface area contributed by atoms with Gasteiger partial charge in [0.05, 0.1) is 6.33 Å². The van der Waals surface area contributed by atoms with Crippen molar-refractivity contribution in [1.82, 2.24) is 14.5 Å². The average Bonchev–Trinajstić information content (AvgIpc) is 2.94. The van der Waals surface area contributed by atoms with E-state index in [-0.39, 0.29) is 5.56 Å². The van der Waals surface area contributed by atoms with Gasteiger partial charge in [-0.3, -0.25) is 9.36 Å². The number of aromatic amines is 1. The number of hydrogen-bond acceptors (Lipinski definition) is 2. The summed E-state index contributed by atoms with van der Waals surface area (Å²) in [6, 6.07) is 16.0. The molecule has 5 heteroatoms. The van der Waals surface area contributed by atoms with E-state index in [9.17, 15) is 4.79 Å². The molecule has 2 aromatic carbocycles. The van der Waals surface area contributed by atoms with Gasteiger partial charge in [-0.15, -0.1) is 0 Å². The summed E-state index contributed by atoms with van der Waals surface area (Å²) in [6.45, 7) is 0.616. The zero-order chi connectivity index (χ0) is 15.8. The van der Waals surface area contributed by atoms with Gasteiger partial charge >= 0.3 is 0 Å². The molecule has 114 valence electrons. The van der Waals surface area contributed by atoms with E-state index in [1.807, 2.05) is 36.4 Å². The maximum atomic E-state index is 12.7. The molecule has 0 aliphatic carbocycles. The summed E-state index contributed by atoms with van der Waals surface area (Å²) in [6.07, 6.45) is 2.45. The van der Waals surface area contributed by atoms with E-state index in [4.69, 9.17) is 0 Å². The minimum atomic E-state index is -0.0294. The second-order valence-corrected chi connectivity index (χ2v) is 6.43. The van der Waals surface area contributed by atoms with Gasteiger partial charge in [0.25, 0.3) is 5.56 Å². The molecule has 4 aromatic rings. The molecule has 1 N–H and O–H groups in total. The molecule has 2 heterocycles. The fourth-order valence-corrected chi connectivity index (χ4v) is 3.18. The maximum absolute atomic E-state index is 12.7. The van der Waals surface area contributed by atoms with Crippen molar-refractivity contribution in [3.05, 3.63) is 75.2 Å². The predicted octanol–water partition coefficient (Wildman–Crippen LogP) is 3.88. The molecule has 0 amide bonds. The number of rotatable bonds is 3. The van der Waals surface area contributed by atoms with E-state index in [1.165, 1.54) is 5.56 Å². The molecule has 0 aliphatic heterocycles. The summed E-state index contributed by atoms with van der Waals surface area (Å²) < 4.78 is 2.64. The van der Waals surface area contributed by atoms with Crippen LogP contribution in [0.3, 0.4) is 0 Å². The first kappa shape index (κ1) is 14.2. The summed E-state index contributed by atoms with van der Waals surface area (Å²) >= 11 is 3.46. The Labute approximate surface area is 140 Å². The number of halogens is 1. The Morgan fingerprint density at radius 1 is 1.13 bits per heavy atom. The standard InChI is InChI=1S/C18H14BrN3O/c19-13-6-7-15-14(10-13)16-17(21-15)18(23)22(11-20-16)9-8-12-4-2-1-3-5-12/h1-7,10-11,21H,8-9H2. The van der Waals surface area contributed by atoms with Crippen molar-refractivity contribution in [2.75, 3.05) is 0 Å². The maximum Gasteiger partial charge on any atom is 0.277 e. The molecule has 0 bridgehead atoms. The van der Waals surface area contributed by atoms with Gasteiger partial charge in [0.1, 0.15) is 11.0 Å². The van der Waals surface area contributed by atoms with Crippen molar-refractivity contribution < 1.29 is 0 Å². The molecule has 0 radical (unpaired) electrons. The monoisotopic (exact) mass is 367 g/mol. The van der Waals surface area contributed by atoms with Crippen LogP contribution in [0.4, 0.5) is 0 Å². The van der Waals surface area contributed by atoms with E-state index in [0.29, 0.717) is 12.1 Å². The highest BCUT2D eigenvalue weighted by molar-refractivity contribution is 9.10. The van der Waals surface area contributed by atoms with Crippen LogP contribution in [0.15, 0.2) is 64.1 Å². The summed E-state index contributed by atoms with van der Waals surface area (Å²) in [7, 11) is 0. The number of H-pyrrole nitrogens is 1. The lowest BCUT2D eigenvalue weighted by atomic mass is 10.1. The minimum absolute atomic E-state index is 0.0294. The Morgan fingerprint density at radius 2 is 1.96 bits per heavy atom. The second-order valence-electron chi connectivity index (χ2n) is 5.52. The number of nitrogens with one attached hydrogen (secondary N) is 1. The molecule has 4 rings (SSSR count). The Kier molecular flexibility index (Phi) is 3.50. The largest absolute Gasteiger partial charge is 0.349 e. The lowest BCUT2D eigenvalue weighted by Crippen LogP contribution is -2.21. The van der Waals surface area contributed by atoms with Crippen LogP contribution in [-0.2, 0) is 13.0 Å². The van der Waals surface area contributed by atoms with E-state index in [0.717, 1.165) is 27.3 Å². The minimum Gasteiger partial charge on any atom is -0.349 e. The molecular formula is C18H14BrN3O. The van der Waals surface area contributed by atoms with Crippen LogP contribution >= 0.6 is 15.9 Å². The number of nitrogens with zero attached hydrogens (tertiary/aromatic N) is 2. The third-order valence-corrected chi connectivity index (χ3v) is 4.51. The summed E-state index contributed by atoms with van der Waals surface area (Å²) in [5, 5.41) is 0.960. The molecule has 0 spiro atoms. The van der Waals surface area contributed by atoms with Crippen LogP contribution in [0.25, 0.3) is 21.9 Å². The fourth-order valence-electron chi connectivity index (χ4n) is 2.82. The Morgan fingerprint density at radius 3 is 2.78 bits per heavy atom. The van der Waals surface area contributed by atoms with Gasteiger partial charge in [-0.1, -0.05) is 46.3 Å². The molecule has 0 saturated carbocycles. The van der Waals surface area contributed by atoms with Crippen molar-refractivity contribution >= 4 is 37.9 Å². The first-order chi connectivity index (χ1) is 11.2. The van der Waals surface area contributed by atoms with Crippen LogP contribution in [0.5, 0.6) is 0 Å². The summed E-state index contributed by atoms with van der Waals surface area (Å²) in [5.41, 5.74) is 3.39. The van der Waals surface area contributed by atoms with E-state index in [2.05, 4.69) is 38.0 Å². The number of aromatic nitrogens is 3. The number of aryl methyl sites for hydroxylation is 2. The molecule has 0 atom stereocenters.